The number of benzene rings is 2. The Kier molecular flexibility index (Phi) is 4.76. The van der Waals surface area contributed by atoms with Gasteiger partial charge in [0.2, 0.25) is 5.91 Å². The number of rotatable bonds is 5. The third-order valence-corrected chi connectivity index (χ3v) is 4.74. The Balaban J connectivity index is 1.54. The fourth-order valence-corrected chi connectivity index (χ4v) is 3.22. The molecule has 2 heterocycles. The highest BCUT2D eigenvalue weighted by Gasteiger charge is 2.14. The molecule has 6 nitrogen and oxygen atoms in total. The maximum Gasteiger partial charge on any atom is 0.261 e. The fourth-order valence-electron chi connectivity index (χ4n) is 3.22. The van der Waals surface area contributed by atoms with Crippen LogP contribution in [0, 0.1) is 0 Å². The number of amides is 1. The summed E-state index contributed by atoms with van der Waals surface area (Å²) in [5.74, 6) is -0.151. The molecule has 0 aliphatic carbocycles. The van der Waals surface area contributed by atoms with Crippen LogP contribution in [0.3, 0.4) is 0 Å². The van der Waals surface area contributed by atoms with Crippen molar-refractivity contribution in [3.63, 3.8) is 0 Å². The minimum atomic E-state index is -0.208. The van der Waals surface area contributed by atoms with Gasteiger partial charge in [-0.1, -0.05) is 30.3 Å². The molecule has 6 heteroatoms. The topological polar surface area (TPSA) is 60.1 Å². The lowest BCUT2D eigenvalue weighted by Crippen LogP contribution is -2.34. The first-order valence-electron chi connectivity index (χ1n) is 9.03. The van der Waals surface area contributed by atoms with E-state index in [9.17, 15) is 9.59 Å². The number of carbonyl (C=O) groups excluding carboxylic acids is 1. The van der Waals surface area contributed by atoms with Gasteiger partial charge in [-0.15, -0.1) is 0 Å². The number of likely N-dealkylation sites (N-methyl/N-ethyl adjacent to an activating group) is 1. The predicted octanol–water partition coefficient (Wildman–Crippen LogP) is 2.85. The second-order valence-corrected chi connectivity index (χ2v) is 6.66. The van der Waals surface area contributed by atoms with Crippen molar-refractivity contribution in [3.05, 3.63) is 95.3 Å². The van der Waals surface area contributed by atoms with Crippen molar-refractivity contribution in [2.24, 2.45) is 0 Å². The van der Waals surface area contributed by atoms with E-state index in [-0.39, 0.29) is 18.0 Å². The lowest BCUT2D eigenvalue weighted by Gasteiger charge is -2.20. The lowest BCUT2D eigenvalue weighted by molar-refractivity contribution is -0.131. The van der Waals surface area contributed by atoms with Crippen molar-refractivity contribution in [2.75, 3.05) is 7.05 Å². The molecular formula is C22H20N4O2. The van der Waals surface area contributed by atoms with Gasteiger partial charge >= 0.3 is 0 Å². The number of hydrogen-bond acceptors (Lipinski definition) is 3. The smallest absolute Gasteiger partial charge is 0.261 e. The summed E-state index contributed by atoms with van der Waals surface area (Å²) in [6, 6.07) is 19.0. The Labute approximate surface area is 162 Å². The summed E-state index contributed by atoms with van der Waals surface area (Å²) < 4.78 is 3.38. The zero-order valence-corrected chi connectivity index (χ0v) is 15.5. The predicted molar refractivity (Wildman–Crippen MR) is 108 cm³/mol. The van der Waals surface area contributed by atoms with E-state index in [2.05, 4.69) is 4.98 Å². The first-order valence-corrected chi connectivity index (χ1v) is 9.03. The summed E-state index contributed by atoms with van der Waals surface area (Å²) >= 11 is 0. The standard InChI is InChI=1S/C22H20N4O2/c1-24(14-17-8-2-5-11-20(17)25-12-6-7-13-25)21(27)15-26-16-23-19-10-4-3-9-18(19)22(26)28/h2-13,16H,14-15H2,1H3. The van der Waals surface area contributed by atoms with Crippen LogP contribution in [0.5, 0.6) is 0 Å². The molecular weight excluding hydrogens is 352 g/mol. The molecule has 4 aromatic rings. The summed E-state index contributed by atoms with van der Waals surface area (Å²) in [7, 11) is 1.74. The Morgan fingerprint density at radius 3 is 2.54 bits per heavy atom. The zero-order chi connectivity index (χ0) is 19.5. The van der Waals surface area contributed by atoms with Crippen LogP contribution in [-0.4, -0.2) is 32.0 Å². The van der Waals surface area contributed by atoms with Crippen molar-refractivity contribution in [2.45, 2.75) is 13.1 Å². The molecule has 0 N–H and O–H groups in total. The second kappa shape index (κ2) is 7.52. The molecule has 0 aliphatic heterocycles. The van der Waals surface area contributed by atoms with E-state index >= 15 is 0 Å². The van der Waals surface area contributed by atoms with E-state index in [4.69, 9.17) is 0 Å². The van der Waals surface area contributed by atoms with Gasteiger partial charge < -0.3 is 9.47 Å². The monoisotopic (exact) mass is 372 g/mol. The zero-order valence-electron chi connectivity index (χ0n) is 15.5. The van der Waals surface area contributed by atoms with Crippen molar-refractivity contribution >= 4 is 16.8 Å². The molecule has 4 rings (SSSR count). The summed E-state index contributed by atoms with van der Waals surface area (Å²) in [4.78, 5) is 31.2. The largest absolute Gasteiger partial charge is 0.340 e. The van der Waals surface area contributed by atoms with Crippen LogP contribution in [-0.2, 0) is 17.9 Å². The maximum atomic E-state index is 12.7. The number of nitrogens with zero attached hydrogens (tertiary/aromatic N) is 4. The van der Waals surface area contributed by atoms with Crippen molar-refractivity contribution in [1.82, 2.24) is 19.0 Å². The van der Waals surface area contributed by atoms with Crippen LogP contribution in [0.1, 0.15) is 5.56 Å². The van der Waals surface area contributed by atoms with Crippen molar-refractivity contribution in [3.8, 4) is 5.69 Å². The van der Waals surface area contributed by atoms with Gasteiger partial charge in [0.25, 0.3) is 5.56 Å². The SMILES string of the molecule is CN(Cc1ccccc1-n1cccc1)C(=O)Cn1cnc2ccccc2c1=O. The number of para-hydroxylation sites is 2. The summed E-state index contributed by atoms with van der Waals surface area (Å²) in [6.07, 6.45) is 5.38. The first kappa shape index (κ1) is 17.7. The van der Waals surface area contributed by atoms with Crippen LogP contribution in [0.15, 0.2) is 84.2 Å². The van der Waals surface area contributed by atoms with Gasteiger partial charge in [0.1, 0.15) is 6.54 Å². The number of carbonyl (C=O) groups is 1. The van der Waals surface area contributed by atoms with Crippen LogP contribution < -0.4 is 5.56 Å². The van der Waals surface area contributed by atoms with Crippen LogP contribution in [0.25, 0.3) is 16.6 Å². The molecule has 0 spiro atoms. The Morgan fingerprint density at radius 2 is 1.71 bits per heavy atom. The third-order valence-electron chi connectivity index (χ3n) is 4.74. The van der Waals surface area contributed by atoms with Crippen LogP contribution in [0.2, 0.25) is 0 Å². The van der Waals surface area contributed by atoms with E-state index in [1.165, 1.54) is 10.9 Å². The number of fused-ring (bicyclic) bond motifs is 1. The maximum absolute atomic E-state index is 12.7. The van der Waals surface area contributed by atoms with E-state index in [0.717, 1.165) is 11.3 Å². The summed E-state index contributed by atoms with van der Waals surface area (Å²) in [5.41, 5.74) is 2.47. The van der Waals surface area contributed by atoms with Gasteiger partial charge in [0.15, 0.2) is 0 Å². The molecule has 0 radical (unpaired) electrons. The summed E-state index contributed by atoms with van der Waals surface area (Å²) in [5, 5.41) is 0.512. The average molecular weight is 372 g/mol. The Hall–Kier alpha value is -3.67. The van der Waals surface area contributed by atoms with Gasteiger partial charge in [-0.3, -0.25) is 14.2 Å². The molecule has 0 fully saturated rings. The minimum absolute atomic E-state index is 0.0428. The molecule has 0 saturated heterocycles. The van der Waals surface area contributed by atoms with Crippen LogP contribution in [0.4, 0.5) is 0 Å². The van der Waals surface area contributed by atoms with Gasteiger partial charge in [-0.05, 0) is 35.9 Å². The third kappa shape index (κ3) is 3.44. The van der Waals surface area contributed by atoms with Gasteiger partial charge in [-0.2, -0.15) is 0 Å². The average Bonchev–Trinajstić information content (AvgIpc) is 3.25. The quantitative estimate of drug-likeness (QED) is 0.541. The fraction of sp³-hybridized carbons (Fsp3) is 0.136. The minimum Gasteiger partial charge on any atom is -0.340 e. The van der Waals surface area contributed by atoms with Crippen molar-refractivity contribution in [1.29, 1.82) is 0 Å². The molecule has 0 atom stereocenters. The molecule has 0 unspecified atom stereocenters. The molecule has 2 aromatic carbocycles. The van der Waals surface area contributed by atoms with E-state index < -0.39 is 0 Å². The first-order chi connectivity index (χ1) is 13.6. The molecule has 140 valence electrons. The highest BCUT2D eigenvalue weighted by molar-refractivity contribution is 5.78. The highest BCUT2D eigenvalue weighted by Crippen LogP contribution is 2.16. The van der Waals surface area contributed by atoms with Gasteiger partial charge in [0.05, 0.1) is 17.2 Å². The molecule has 2 aromatic heterocycles. The molecule has 0 bridgehead atoms. The van der Waals surface area contributed by atoms with E-state index in [1.54, 1.807) is 30.1 Å². The molecule has 1 amide bonds. The highest BCUT2D eigenvalue weighted by atomic mass is 16.2. The number of aromatic nitrogens is 3. The normalized spacial score (nSPS) is 10.9. The van der Waals surface area contributed by atoms with Crippen LogP contribution >= 0.6 is 0 Å². The van der Waals surface area contributed by atoms with Crippen molar-refractivity contribution < 1.29 is 4.79 Å². The Morgan fingerprint density at radius 1 is 1.00 bits per heavy atom. The number of hydrogen-bond donors (Lipinski definition) is 0. The van der Waals surface area contributed by atoms with E-state index in [1.807, 2.05) is 59.4 Å². The lowest BCUT2D eigenvalue weighted by atomic mass is 10.1. The molecule has 0 aliphatic rings. The molecule has 0 saturated carbocycles. The Bertz CT molecular complexity index is 1180. The van der Waals surface area contributed by atoms with Gasteiger partial charge in [0, 0.05) is 31.7 Å². The summed E-state index contributed by atoms with van der Waals surface area (Å²) in [6.45, 7) is 0.405. The van der Waals surface area contributed by atoms with Gasteiger partial charge in [-0.25, -0.2) is 4.98 Å². The van der Waals surface area contributed by atoms with E-state index in [0.29, 0.717) is 17.4 Å². The second-order valence-electron chi connectivity index (χ2n) is 6.66. The molecule has 28 heavy (non-hydrogen) atoms.